The van der Waals surface area contributed by atoms with Gasteiger partial charge in [0.25, 0.3) is 5.91 Å². The number of ether oxygens (including phenoxy) is 1. The highest BCUT2D eigenvalue weighted by Gasteiger charge is 2.40. The van der Waals surface area contributed by atoms with Crippen LogP contribution in [0.1, 0.15) is 34.6 Å². The number of nitrogens with one attached hydrogen (secondary N) is 1. The Bertz CT molecular complexity index is 966. The van der Waals surface area contributed by atoms with E-state index in [9.17, 15) is 9.90 Å². The summed E-state index contributed by atoms with van der Waals surface area (Å²) >= 11 is 0. The molecular formula is C20H19N3O3. The lowest BCUT2D eigenvalue weighted by Gasteiger charge is -2.22. The molecule has 0 saturated heterocycles. The Labute approximate surface area is 151 Å². The molecule has 1 aliphatic heterocycles. The summed E-state index contributed by atoms with van der Waals surface area (Å²) in [6, 6.07) is 14.7. The number of nitrogens with zero attached hydrogens (tertiary/aromatic N) is 2. The number of aromatic nitrogens is 2. The number of carbonyl (C=O) groups excluding carboxylic acids is 1. The van der Waals surface area contributed by atoms with Crippen molar-refractivity contribution in [2.24, 2.45) is 0 Å². The van der Waals surface area contributed by atoms with E-state index in [4.69, 9.17) is 4.74 Å². The standard InChI is InChI=1S/C20H19N3O3/c1-3-26-15-11-13(9-10-14(15)24)19-16-17(12-7-5-4-6-8-12)21-22-18(16)20(25)23(19)2/h4-11,19,24H,3H2,1-2H3,(H,21,22)/t19-/m0/s1. The predicted octanol–water partition coefficient (Wildman–Crippen LogP) is 3.36. The molecule has 26 heavy (non-hydrogen) atoms. The summed E-state index contributed by atoms with van der Waals surface area (Å²) in [6.07, 6.45) is 0. The summed E-state index contributed by atoms with van der Waals surface area (Å²) in [5, 5.41) is 17.3. The molecule has 0 saturated carbocycles. The largest absolute Gasteiger partial charge is 0.504 e. The van der Waals surface area contributed by atoms with Crippen molar-refractivity contribution in [3.8, 4) is 22.8 Å². The van der Waals surface area contributed by atoms with Gasteiger partial charge in [-0.2, -0.15) is 5.10 Å². The van der Waals surface area contributed by atoms with E-state index in [0.29, 0.717) is 18.1 Å². The first-order valence-corrected chi connectivity index (χ1v) is 8.48. The molecule has 0 aliphatic carbocycles. The molecule has 1 atom stereocenters. The van der Waals surface area contributed by atoms with Crippen LogP contribution >= 0.6 is 0 Å². The van der Waals surface area contributed by atoms with Crippen LogP contribution in [0.4, 0.5) is 0 Å². The van der Waals surface area contributed by atoms with E-state index in [1.807, 2.05) is 43.3 Å². The number of aromatic amines is 1. The van der Waals surface area contributed by atoms with Gasteiger partial charge in [0.15, 0.2) is 11.5 Å². The van der Waals surface area contributed by atoms with Crippen molar-refractivity contribution in [2.45, 2.75) is 13.0 Å². The fourth-order valence-electron chi connectivity index (χ4n) is 3.45. The molecule has 3 aromatic rings. The number of amides is 1. The smallest absolute Gasteiger partial charge is 0.272 e. The number of fused-ring (bicyclic) bond motifs is 1. The Balaban J connectivity index is 1.86. The average Bonchev–Trinajstić information content (AvgIpc) is 3.18. The molecule has 6 nitrogen and oxygen atoms in total. The summed E-state index contributed by atoms with van der Waals surface area (Å²) in [5.74, 6) is 0.382. The maximum absolute atomic E-state index is 12.7. The van der Waals surface area contributed by atoms with E-state index in [2.05, 4.69) is 10.2 Å². The number of hydrogen-bond acceptors (Lipinski definition) is 4. The van der Waals surface area contributed by atoms with Crippen LogP contribution in [0.5, 0.6) is 11.5 Å². The van der Waals surface area contributed by atoms with Gasteiger partial charge in [-0.3, -0.25) is 9.89 Å². The Morgan fingerprint density at radius 1 is 1.23 bits per heavy atom. The van der Waals surface area contributed by atoms with Crippen LogP contribution in [-0.4, -0.2) is 39.8 Å². The zero-order chi connectivity index (χ0) is 18.3. The van der Waals surface area contributed by atoms with Gasteiger partial charge >= 0.3 is 0 Å². The molecule has 4 rings (SSSR count). The van der Waals surface area contributed by atoms with Crippen LogP contribution in [0, 0.1) is 0 Å². The number of phenolic OH excluding ortho intramolecular Hbond substituents is 1. The molecule has 132 valence electrons. The van der Waals surface area contributed by atoms with Gasteiger partial charge in [-0.25, -0.2) is 0 Å². The monoisotopic (exact) mass is 349 g/mol. The maximum atomic E-state index is 12.7. The molecule has 2 aromatic carbocycles. The van der Waals surface area contributed by atoms with Gasteiger partial charge in [0.2, 0.25) is 0 Å². The lowest BCUT2D eigenvalue weighted by Crippen LogP contribution is -2.24. The van der Waals surface area contributed by atoms with Crippen molar-refractivity contribution < 1.29 is 14.6 Å². The normalized spacial score (nSPS) is 16.0. The Hall–Kier alpha value is -3.28. The third kappa shape index (κ3) is 2.42. The van der Waals surface area contributed by atoms with Crippen molar-refractivity contribution in [2.75, 3.05) is 13.7 Å². The number of carbonyl (C=O) groups is 1. The quantitative estimate of drug-likeness (QED) is 0.757. The highest BCUT2D eigenvalue weighted by molar-refractivity contribution is 6.00. The van der Waals surface area contributed by atoms with E-state index in [1.165, 1.54) is 0 Å². The Morgan fingerprint density at radius 2 is 2.00 bits per heavy atom. The zero-order valence-corrected chi connectivity index (χ0v) is 14.6. The van der Waals surface area contributed by atoms with Gasteiger partial charge in [0, 0.05) is 18.2 Å². The molecule has 0 bridgehead atoms. The van der Waals surface area contributed by atoms with Gasteiger partial charge in [-0.1, -0.05) is 36.4 Å². The molecule has 0 fully saturated rings. The SMILES string of the molecule is CCOc1cc([C@H]2c3c(-c4ccccc4)n[nH]c3C(=O)N2C)ccc1O. The van der Waals surface area contributed by atoms with Gasteiger partial charge in [0.1, 0.15) is 5.69 Å². The molecule has 2 N–H and O–H groups in total. The molecule has 0 unspecified atom stereocenters. The van der Waals surface area contributed by atoms with E-state index in [0.717, 1.165) is 22.4 Å². The third-order valence-electron chi connectivity index (χ3n) is 4.65. The first-order valence-electron chi connectivity index (χ1n) is 8.48. The van der Waals surface area contributed by atoms with Gasteiger partial charge in [-0.05, 0) is 24.6 Å². The highest BCUT2D eigenvalue weighted by atomic mass is 16.5. The van der Waals surface area contributed by atoms with Crippen LogP contribution < -0.4 is 4.74 Å². The topological polar surface area (TPSA) is 78.5 Å². The molecule has 1 aliphatic rings. The zero-order valence-electron chi connectivity index (χ0n) is 14.6. The summed E-state index contributed by atoms with van der Waals surface area (Å²) in [5.41, 5.74) is 3.91. The number of H-pyrrole nitrogens is 1. The number of benzene rings is 2. The molecule has 0 radical (unpaired) electrons. The minimum Gasteiger partial charge on any atom is -0.504 e. The van der Waals surface area contributed by atoms with E-state index in [-0.39, 0.29) is 17.7 Å². The Kier molecular flexibility index (Phi) is 3.88. The van der Waals surface area contributed by atoms with E-state index >= 15 is 0 Å². The van der Waals surface area contributed by atoms with Crippen LogP contribution in [0.3, 0.4) is 0 Å². The number of hydrogen-bond donors (Lipinski definition) is 2. The molecule has 2 heterocycles. The fraction of sp³-hybridized carbons (Fsp3) is 0.200. The van der Waals surface area contributed by atoms with Crippen LogP contribution in [0.25, 0.3) is 11.3 Å². The van der Waals surface area contributed by atoms with Crippen molar-refractivity contribution in [1.82, 2.24) is 15.1 Å². The highest BCUT2D eigenvalue weighted by Crippen LogP contribution is 2.43. The van der Waals surface area contributed by atoms with Gasteiger partial charge < -0.3 is 14.7 Å². The number of aromatic hydroxyl groups is 1. The average molecular weight is 349 g/mol. The first kappa shape index (κ1) is 16.2. The Morgan fingerprint density at radius 3 is 2.73 bits per heavy atom. The minimum absolute atomic E-state index is 0.0817. The second kappa shape index (κ2) is 6.22. The molecule has 0 spiro atoms. The van der Waals surface area contributed by atoms with Gasteiger partial charge in [-0.15, -0.1) is 0 Å². The lowest BCUT2D eigenvalue weighted by molar-refractivity contribution is 0.0787. The number of rotatable bonds is 4. The van der Waals surface area contributed by atoms with Crippen LogP contribution in [-0.2, 0) is 0 Å². The molecular weight excluding hydrogens is 330 g/mol. The van der Waals surface area contributed by atoms with Gasteiger partial charge in [0.05, 0.1) is 18.3 Å². The summed E-state index contributed by atoms with van der Waals surface area (Å²) in [7, 11) is 1.77. The fourth-order valence-corrected chi connectivity index (χ4v) is 3.45. The third-order valence-corrected chi connectivity index (χ3v) is 4.65. The lowest BCUT2D eigenvalue weighted by atomic mass is 9.96. The van der Waals surface area contributed by atoms with Crippen molar-refractivity contribution >= 4 is 5.91 Å². The molecule has 1 amide bonds. The van der Waals surface area contributed by atoms with E-state index in [1.54, 1.807) is 24.1 Å². The maximum Gasteiger partial charge on any atom is 0.272 e. The van der Waals surface area contributed by atoms with E-state index < -0.39 is 0 Å². The first-order chi connectivity index (χ1) is 12.6. The second-order valence-corrected chi connectivity index (χ2v) is 6.21. The minimum atomic E-state index is -0.300. The van der Waals surface area contributed by atoms with Crippen molar-refractivity contribution in [3.63, 3.8) is 0 Å². The van der Waals surface area contributed by atoms with Crippen LogP contribution in [0.2, 0.25) is 0 Å². The van der Waals surface area contributed by atoms with Crippen LogP contribution in [0.15, 0.2) is 48.5 Å². The molecule has 1 aromatic heterocycles. The number of phenols is 1. The van der Waals surface area contributed by atoms with Crippen molar-refractivity contribution in [3.05, 3.63) is 65.4 Å². The summed E-state index contributed by atoms with van der Waals surface area (Å²) in [6.45, 7) is 2.31. The molecule has 6 heteroatoms. The summed E-state index contributed by atoms with van der Waals surface area (Å²) < 4.78 is 5.51. The van der Waals surface area contributed by atoms with Crippen molar-refractivity contribution in [1.29, 1.82) is 0 Å². The summed E-state index contributed by atoms with van der Waals surface area (Å²) in [4.78, 5) is 14.4. The second-order valence-electron chi connectivity index (χ2n) is 6.21. The predicted molar refractivity (Wildman–Crippen MR) is 97.2 cm³/mol.